The first-order valence-corrected chi connectivity index (χ1v) is 13.4. The van der Waals surface area contributed by atoms with E-state index in [1.165, 1.54) is 0 Å². The standard InChI is InChI=1S/C31H28N6OS/c1-21-14-15-27(37(21)23-10-7-17-32-20-23)30-29(26-12-4-5-18-33-26)35-31(39)36(30)19-16-28(38)34-25-13-6-9-22-8-2-3-11-24(22)25/h2-15,17-18,20,29-30H,16,19H2,1H3,(H,34,38)(H,35,39)/t29-,30+/m1/s1. The van der Waals surface area contributed by atoms with Gasteiger partial charge in [0.05, 0.1) is 29.7 Å². The number of aryl methyl sites for hydroxylation is 1. The van der Waals surface area contributed by atoms with Gasteiger partial charge in [0.15, 0.2) is 5.11 Å². The molecule has 0 bridgehead atoms. The molecule has 1 saturated heterocycles. The Morgan fingerprint density at radius 1 is 0.974 bits per heavy atom. The fourth-order valence-corrected chi connectivity index (χ4v) is 5.70. The van der Waals surface area contributed by atoms with Gasteiger partial charge < -0.3 is 20.1 Å². The minimum atomic E-state index is -0.176. The van der Waals surface area contributed by atoms with Gasteiger partial charge in [-0.1, -0.05) is 42.5 Å². The number of nitrogens with one attached hydrogen (secondary N) is 2. The zero-order chi connectivity index (χ0) is 26.8. The molecule has 8 heteroatoms. The van der Waals surface area contributed by atoms with E-state index in [1.807, 2.05) is 79.0 Å². The molecule has 1 aliphatic heterocycles. The first-order chi connectivity index (χ1) is 19.1. The Balaban J connectivity index is 1.30. The predicted octanol–water partition coefficient (Wildman–Crippen LogP) is 5.73. The highest BCUT2D eigenvalue weighted by Gasteiger charge is 2.41. The molecule has 3 aromatic heterocycles. The number of hydrogen-bond acceptors (Lipinski definition) is 4. The quantitative estimate of drug-likeness (QED) is 0.261. The highest BCUT2D eigenvalue weighted by molar-refractivity contribution is 7.80. The number of fused-ring (bicyclic) bond motifs is 1. The Morgan fingerprint density at radius 2 is 1.82 bits per heavy atom. The van der Waals surface area contributed by atoms with Crippen LogP contribution in [0.1, 0.15) is 35.6 Å². The summed E-state index contributed by atoms with van der Waals surface area (Å²) in [7, 11) is 0. The molecule has 0 aliphatic carbocycles. The topological polar surface area (TPSA) is 75.1 Å². The summed E-state index contributed by atoms with van der Waals surface area (Å²) in [5.74, 6) is -0.0620. The van der Waals surface area contributed by atoms with Crippen molar-refractivity contribution in [3.8, 4) is 5.69 Å². The molecule has 6 rings (SSSR count). The lowest BCUT2D eigenvalue weighted by molar-refractivity contribution is -0.116. The molecule has 7 nitrogen and oxygen atoms in total. The van der Waals surface area contributed by atoms with Crippen LogP contribution in [-0.2, 0) is 4.79 Å². The monoisotopic (exact) mass is 532 g/mol. The number of thiocarbonyl (C=S) groups is 1. The maximum absolute atomic E-state index is 13.2. The highest BCUT2D eigenvalue weighted by atomic mass is 32.1. The molecule has 0 unspecified atom stereocenters. The van der Waals surface area contributed by atoms with Gasteiger partial charge in [0.2, 0.25) is 5.91 Å². The third-order valence-corrected chi connectivity index (χ3v) is 7.51. The molecule has 1 fully saturated rings. The Hall–Kier alpha value is -4.56. The van der Waals surface area contributed by atoms with E-state index in [-0.39, 0.29) is 24.4 Å². The highest BCUT2D eigenvalue weighted by Crippen LogP contribution is 2.40. The second-order valence-corrected chi connectivity index (χ2v) is 9.98. The van der Waals surface area contributed by atoms with Crippen molar-refractivity contribution in [2.75, 3.05) is 11.9 Å². The fraction of sp³-hybridized carbons (Fsp3) is 0.161. The maximum atomic E-state index is 13.2. The molecular formula is C31H28N6OS. The number of amides is 1. The molecule has 1 aliphatic rings. The van der Waals surface area contributed by atoms with Crippen LogP contribution in [0, 0.1) is 6.92 Å². The largest absolute Gasteiger partial charge is 0.352 e. The molecule has 0 saturated carbocycles. The summed E-state index contributed by atoms with van der Waals surface area (Å²) in [4.78, 5) is 24.3. The third kappa shape index (κ3) is 4.86. The molecule has 5 aromatic rings. The summed E-state index contributed by atoms with van der Waals surface area (Å²) in [6.45, 7) is 2.53. The van der Waals surface area contributed by atoms with Gasteiger partial charge in [0.25, 0.3) is 0 Å². The van der Waals surface area contributed by atoms with E-state index in [0.29, 0.717) is 11.7 Å². The van der Waals surface area contributed by atoms with Crippen LogP contribution < -0.4 is 10.6 Å². The Kier molecular flexibility index (Phi) is 6.77. The number of pyridine rings is 2. The molecule has 4 heterocycles. The summed E-state index contributed by atoms with van der Waals surface area (Å²) in [6.07, 6.45) is 5.70. The van der Waals surface area contributed by atoms with Crippen LogP contribution >= 0.6 is 12.2 Å². The molecule has 0 spiro atoms. The second-order valence-electron chi connectivity index (χ2n) is 9.59. The van der Waals surface area contributed by atoms with E-state index in [2.05, 4.69) is 49.1 Å². The summed E-state index contributed by atoms with van der Waals surface area (Å²) < 4.78 is 2.20. The third-order valence-electron chi connectivity index (χ3n) is 7.15. The Morgan fingerprint density at radius 3 is 2.64 bits per heavy atom. The van der Waals surface area contributed by atoms with Crippen molar-refractivity contribution in [1.82, 2.24) is 24.8 Å². The van der Waals surface area contributed by atoms with Crippen LogP contribution in [0.3, 0.4) is 0 Å². The van der Waals surface area contributed by atoms with E-state index in [9.17, 15) is 4.79 Å². The maximum Gasteiger partial charge on any atom is 0.226 e. The SMILES string of the molecule is Cc1ccc([C@H]2[C@@H](c3ccccn3)NC(=S)N2CCC(=O)Nc2cccc3ccccc23)n1-c1cccnc1. The number of rotatable bonds is 7. The Labute approximate surface area is 232 Å². The first-order valence-electron chi connectivity index (χ1n) is 12.9. The molecule has 0 radical (unpaired) electrons. The molecule has 39 heavy (non-hydrogen) atoms. The van der Waals surface area contributed by atoms with Gasteiger partial charge >= 0.3 is 0 Å². The second kappa shape index (κ2) is 10.7. The zero-order valence-corrected chi connectivity index (χ0v) is 22.3. The van der Waals surface area contributed by atoms with Crippen LogP contribution in [0.4, 0.5) is 5.69 Å². The van der Waals surface area contributed by atoms with Crippen LogP contribution in [0.15, 0.2) is 104 Å². The van der Waals surface area contributed by atoms with Crippen LogP contribution in [-0.4, -0.2) is 37.0 Å². The molecule has 2 N–H and O–H groups in total. The summed E-state index contributed by atoms with van der Waals surface area (Å²) in [5, 5.41) is 9.30. The zero-order valence-electron chi connectivity index (χ0n) is 21.5. The minimum absolute atomic E-state index is 0.0620. The summed E-state index contributed by atoms with van der Waals surface area (Å²) in [6, 6.07) is 27.7. The molecule has 2 atom stereocenters. The van der Waals surface area contributed by atoms with Gasteiger partial charge in [-0.3, -0.25) is 14.8 Å². The number of hydrogen-bond donors (Lipinski definition) is 2. The number of nitrogens with zero attached hydrogens (tertiary/aromatic N) is 4. The number of carbonyl (C=O) groups is 1. The lowest BCUT2D eigenvalue weighted by Gasteiger charge is -2.29. The van der Waals surface area contributed by atoms with Crippen molar-refractivity contribution in [3.05, 3.63) is 121 Å². The molecule has 1 amide bonds. The van der Waals surface area contributed by atoms with Crippen molar-refractivity contribution in [1.29, 1.82) is 0 Å². The summed E-state index contributed by atoms with van der Waals surface area (Å²) in [5.41, 5.74) is 4.82. The first kappa shape index (κ1) is 24.8. The van der Waals surface area contributed by atoms with E-state index in [0.717, 1.165) is 39.2 Å². The fourth-order valence-electron chi connectivity index (χ4n) is 5.37. The van der Waals surface area contributed by atoms with E-state index < -0.39 is 0 Å². The van der Waals surface area contributed by atoms with Crippen LogP contribution in [0.5, 0.6) is 0 Å². The number of carbonyl (C=O) groups excluding carboxylic acids is 1. The van der Waals surface area contributed by atoms with E-state index in [1.54, 1.807) is 12.4 Å². The summed E-state index contributed by atoms with van der Waals surface area (Å²) >= 11 is 5.84. The van der Waals surface area contributed by atoms with Gasteiger partial charge in [-0.05, 0) is 67.0 Å². The predicted molar refractivity (Wildman–Crippen MR) is 158 cm³/mol. The molecule has 194 valence electrons. The number of benzene rings is 2. The van der Waals surface area contributed by atoms with Crippen molar-refractivity contribution >= 4 is 39.7 Å². The Bertz CT molecular complexity index is 1630. The van der Waals surface area contributed by atoms with Gasteiger partial charge in [-0.2, -0.15) is 0 Å². The van der Waals surface area contributed by atoms with Gasteiger partial charge in [0.1, 0.15) is 0 Å². The minimum Gasteiger partial charge on any atom is -0.352 e. The van der Waals surface area contributed by atoms with Gasteiger partial charge in [0, 0.05) is 47.8 Å². The van der Waals surface area contributed by atoms with Gasteiger partial charge in [-0.25, -0.2) is 0 Å². The van der Waals surface area contributed by atoms with Crippen molar-refractivity contribution in [2.45, 2.75) is 25.4 Å². The molecule has 2 aromatic carbocycles. The van der Waals surface area contributed by atoms with Gasteiger partial charge in [-0.15, -0.1) is 0 Å². The smallest absolute Gasteiger partial charge is 0.226 e. The van der Waals surface area contributed by atoms with E-state index >= 15 is 0 Å². The molecular weight excluding hydrogens is 504 g/mol. The lowest BCUT2D eigenvalue weighted by Crippen LogP contribution is -2.33. The normalized spacial score (nSPS) is 16.8. The van der Waals surface area contributed by atoms with Crippen LogP contribution in [0.25, 0.3) is 16.5 Å². The number of anilines is 1. The van der Waals surface area contributed by atoms with Crippen molar-refractivity contribution in [2.24, 2.45) is 0 Å². The van der Waals surface area contributed by atoms with Crippen molar-refractivity contribution < 1.29 is 4.79 Å². The van der Waals surface area contributed by atoms with E-state index in [4.69, 9.17) is 12.2 Å². The average molecular weight is 533 g/mol. The lowest BCUT2D eigenvalue weighted by atomic mass is 10.0. The number of aromatic nitrogens is 3. The van der Waals surface area contributed by atoms with Crippen LogP contribution in [0.2, 0.25) is 0 Å². The van der Waals surface area contributed by atoms with Crippen molar-refractivity contribution in [3.63, 3.8) is 0 Å². The average Bonchev–Trinajstić information content (AvgIpc) is 3.51.